The highest BCUT2D eigenvalue weighted by atomic mass is 35.5. The van der Waals surface area contributed by atoms with E-state index in [1.807, 2.05) is 36.4 Å². The van der Waals surface area contributed by atoms with Gasteiger partial charge in [-0.3, -0.25) is 0 Å². The van der Waals surface area contributed by atoms with Crippen molar-refractivity contribution < 1.29 is 4.74 Å². The second-order valence-corrected chi connectivity index (χ2v) is 6.44. The SMILES string of the molecule is CCCCCCOc1cccc(NCc2cc(Cl)cc(Cl)c2)c1. The lowest BCUT2D eigenvalue weighted by Gasteiger charge is -2.10. The van der Waals surface area contributed by atoms with Crippen molar-refractivity contribution in [3.05, 3.63) is 58.1 Å². The number of nitrogens with one attached hydrogen (secondary N) is 1. The second kappa shape index (κ2) is 9.69. The minimum absolute atomic E-state index is 0.651. The van der Waals surface area contributed by atoms with Crippen LogP contribution in [-0.2, 0) is 6.54 Å². The number of ether oxygens (including phenoxy) is 1. The molecule has 2 nitrogen and oxygen atoms in total. The van der Waals surface area contributed by atoms with Crippen LogP contribution in [0.3, 0.4) is 0 Å². The Labute approximate surface area is 148 Å². The molecule has 4 heteroatoms. The fourth-order valence-corrected chi connectivity index (χ4v) is 2.90. The van der Waals surface area contributed by atoms with Crippen LogP contribution in [0.2, 0.25) is 10.0 Å². The van der Waals surface area contributed by atoms with Crippen LogP contribution < -0.4 is 10.1 Å². The molecule has 23 heavy (non-hydrogen) atoms. The van der Waals surface area contributed by atoms with Crippen molar-refractivity contribution in [1.82, 2.24) is 0 Å². The minimum Gasteiger partial charge on any atom is -0.494 e. The molecule has 0 unspecified atom stereocenters. The zero-order chi connectivity index (χ0) is 16.5. The number of halogens is 2. The van der Waals surface area contributed by atoms with Gasteiger partial charge in [-0.05, 0) is 42.3 Å². The molecule has 0 aliphatic rings. The quantitative estimate of drug-likeness (QED) is 0.516. The van der Waals surface area contributed by atoms with E-state index in [0.29, 0.717) is 16.6 Å². The summed E-state index contributed by atoms with van der Waals surface area (Å²) >= 11 is 12.0. The third-order valence-corrected chi connectivity index (χ3v) is 3.96. The van der Waals surface area contributed by atoms with E-state index in [2.05, 4.69) is 12.2 Å². The highest BCUT2D eigenvalue weighted by Crippen LogP contribution is 2.22. The normalized spacial score (nSPS) is 10.6. The third-order valence-electron chi connectivity index (χ3n) is 3.52. The van der Waals surface area contributed by atoms with E-state index in [1.165, 1.54) is 19.3 Å². The van der Waals surface area contributed by atoms with Crippen LogP contribution in [0.5, 0.6) is 5.75 Å². The largest absolute Gasteiger partial charge is 0.494 e. The van der Waals surface area contributed by atoms with Crippen LogP contribution in [0.1, 0.15) is 38.2 Å². The molecule has 1 N–H and O–H groups in total. The maximum Gasteiger partial charge on any atom is 0.121 e. The molecule has 2 aromatic rings. The molecule has 0 spiro atoms. The fraction of sp³-hybridized carbons (Fsp3) is 0.368. The number of hydrogen-bond acceptors (Lipinski definition) is 2. The lowest BCUT2D eigenvalue weighted by Crippen LogP contribution is -2.01. The maximum absolute atomic E-state index is 6.02. The molecule has 0 saturated heterocycles. The number of benzene rings is 2. The Morgan fingerprint density at radius 1 is 0.957 bits per heavy atom. The highest BCUT2D eigenvalue weighted by Gasteiger charge is 2.00. The van der Waals surface area contributed by atoms with Gasteiger partial charge in [-0.25, -0.2) is 0 Å². The molecule has 0 saturated carbocycles. The van der Waals surface area contributed by atoms with Crippen LogP contribution >= 0.6 is 23.2 Å². The summed E-state index contributed by atoms with van der Waals surface area (Å²) in [6, 6.07) is 13.6. The summed E-state index contributed by atoms with van der Waals surface area (Å²) in [6.45, 7) is 3.65. The lowest BCUT2D eigenvalue weighted by molar-refractivity contribution is 0.305. The van der Waals surface area contributed by atoms with Gasteiger partial charge in [-0.2, -0.15) is 0 Å². The molecule has 0 aromatic heterocycles. The molecule has 0 amide bonds. The summed E-state index contributed by atoms with van der Waals surface area (Å²) in [4.78, 5) is 0. The standard InChI is InChI=1S/C19H23Cl2NO/c1-2-3-4-5-9-23-19-8-6-7-18(13-19)22-14-15-10-16(20)12-17(21)11-15/h6-8,10-13,22H,2-5,9,14H2,1H3. The fourth-order valence-electron chi connectivity index (χ4n) is 2.33. The molecule has 0 atom stereocenters. The van der Waals surface area contributed by atoms with Crippen LogP contribution in [0.25, 0.3) is 0 Å². The smallest absolute Gasteiger partial charge is 0.121 e. The Morgan fingerprint density at radius 3 is 2.48 bits per heavy atom. The number of anilines is 1. The lowest BCUT2D eigenvalue weighted by atomic mass is 10.2. The second-order valence-electron chi connectivity index (χ2n) is 5.57. The summed E-state index contributed by atoms with van der Waals surface area (Å²) in [5.74, 6) is 0.899. The van der Waals surface area contributed by atoms with Gasteiger partial charge in [0, 0.05) is 28.3 Å². The number of hydrogen-bond donors (Lipinski definition) is 1. The van der Waals surface area contributed by atoms with Crippen LogP contribution in [0.4, 0.5) is 5.69 Å². The summed E-state index contributed by atoms with van der Waals surface area (Å²) in [5, 5.41) is 4.67. The molecular formula is C19H23Cl2NO. The monoisotopic (exact) mass is 351 g/mol. The van der Waals surface area contributed by atoms with Gasteiger partial charge < -0.3 is 10.1 Å². The first-order valence-corrected chi connectivity index (χ1v) is 8.84. The topological polar surface area (TPSA) is 21.3 Å². The van der Waals surface area contributed by atoms with E-state index in [9.17, 15) is 0 Å². The van der Waals surface area contributed by atoms with Gasteiger partial charge in [-0.1, -0.05) is 55.5 Å². The van der Waals surface area contributed by atoms with Crippen molar-refractivity contribution in [2.45, 2.75) is 39.2 Å². The summed E-state index contributed by atoms with van der Waals surface area (Å²) in [6.07, 6.45) is 4.84. The molecule has 0 aliphatic heterocycles. The zero-order valence-electron chi connectivity index (χ0n) is 13.4. The zero-order valence-corrected chi connectivity index (χ0v) is 15.0. The first kappa shape index (κ1) is 18.0. The summed E-state index contributed by atoms with van der Waals surface area (Å²) in [5.41, 5.74) is 2.07. The summed E-state index contributed by atoms with van der Waals surface area (Å²) in [7, 11) is 0. The Hall–Kier alpha value is -1.38. The van der Waals surface area contributed by atoms with Crippen LogP contribution in [-0.4, -0.2) is 6.61 Å². The predicted octanol–water partition coefficient (Wildman–Crippen LogP) is 6.56. The molecule has 0 bridgehead atoms. The van der Waals surface area contributed by atoms with Gasteiger partial charge in [0.15, 0.2) is 0 Å². The average Bonchev–Trinajstić information content (AvgIpc) is 2.52. The van der Waals surface area contributed by atoms with Crippen LogP contribution in [0.15, 0.2) is 42.5 Å². The Kier molecular flexibility index (Phi) is 7.57. The molecule has 2 aromatic carbocycles. The van der Waals surface area contributed by atoms with E-state index in [0.717, 1.165) is 30.0 Å². The molecule has 0 aliphatic carbocycles. The Balaban J connectivity index is 1.84. The number of rotatable bonds is 9. The van der Waals surface area contributed by atoms with Gasteiger partial charge >= 0.3 is 0 Å². The average molecular weight is 352 g/mol. The van der Waals surface area contributed by atoms with Gasteiger partial charge in [0.25, 0.3) is 0 Å². The molecule has 124 valence electrons. The van der Waals surface area contributed by atoms with E-state index in [-0.39, 0.29) is 0 Å². The van der Waals surface area contributed by atoms with Crippen molar-refractivity contribution in [3.63, 3.8) is 0 Å². The van der Waals surface area contributed by atoms with Gasteiger partial charge in [0.05, 0.1) is 6.61 Å². The first-order chi connectivity index (χ1) is 11.2. The molecular weight excluding hydrogens is 329 g/mol. The summed E-state index contributed by atoms with van der Waals surface area (Å²) < 4.78 is 5.80. The maximum atomic E-state index is 6.02. The molecule has 0 radical (unpaired) electrons. The molecule has 0 fully saturated rings. The third kappa shape index (κ3) is 6.72. The number of unbranched alkanes of at least 4 members (excludes halogenated alkanes) is 3. The minimum atomic E-state index is 0.651. The molecule has 2 rings (SSSR count). The van der Waals surface area contributed by atoms with Gasteiger partial charge in [0.2, 0.25) is 0 Å². The van der Waals surface area contributed by atoms with Crippen LogP contribution in [0, 0.1) is 0 Å². The predicted molar refractivity (Wildman–Crippen MR) is 99.9 cm³/mol. The van der Waals surface area contributed by atoms with E-state index in [4.69, 9.17) is 27.9 Å². The van der Waals surface area contributed by atoms with Crippen molar-refractivity contribution in [2.24, 2.45) is 0 Å². The van der Waals surface area contributed by atoms with Crippen molar-refractivity contribution in [2.75, 3.05) is 11.9 Å². The van der Waals surface area contributed by atoms with Gasteiger partial charge in [0.1, 0.15) is 5.75 Å². The highest BCUT2D eigenvalue weighted by molar-refractivity contribution is 6.34. The van der Waals surface area contributed by atoms with Crippen molar-refractivity contribution >= 4 is 28.9 Å². The first-order valence-electron chi connectivity index (χ1n) is 8.09. The van der Waals surface area contributed by atoms with E-state index in [1.54, 1.807) is 6.07 Å². The van der Waals surface area contributed by atoms with Crippen molar-refractivity contribution in [1.29, 1.82) is 0 Å². The molecule has 0 heterocycles. The van der Waals surface area contributed by atoms with Gasteiger partial charge in [-0.15, -0.1) is 0 Å². The Morgan fingerprint density at radius 2 is 1.74 bits per heavy atom. The van der Waals surface area contributed by atoms with Crippen molar-refractivity contribution in [3.8, 4) is 5.75 Å². The van der Waals surface area contributed by atoms with E-state index >= 15 is 0 Å². The van der Waals surface area contributed by atoms with E-state index < -0.39 is 0 Å². The Bertz CT molecular complexity index is 596.